The Morgan fingerprint density at radius 2 is 1.85 bits per heavy atom. The van der Waals surface area contributed by atoms with Crippen molar-refractivity contribution < 1.29 is 17.6 Å². The van der Waals surface area contributed by atoms with Gasteiger partial charge in [0.2, 0.25) is 15.9 Å². The smallest absolute Gasteiger partial charge is 0.245 e. The highest BCUT2D eigenvalue weighted by molar-refractivity contribution is 7.89. The maximum atomic E-state index is 13.8. The summed E-state index contributed by atoms with van der Waals surface area (Å²) in [6, 6.07) is 5.38. The van der Waals surface area contributed by atoms with E-state index in [9.17, 15) is 17.6 Å². The van der Waals surface area contributed by atoms with Gasteiger partial charge >= 0.3 is 0 Å². The Labute approximate surface area is 159 Å². The van der Waals surface area contributed by atoms with Crippen molar-refractivity contribution in [3.8, 4) is 0 Å². The number of halogens is 2. The van der Waals surface area contributed by atoms with Crippen LogP contribution in [0.15, 0.2) is 29.2 Å². The van der Waals surface area contributed by atoms with Crippen molar-refractivity contribution in [1.82, 2.24) is 9.62 Å². The summed E-state index contributed by atoms with van der Waals surface area (Å²) >= 11 is 0. The maximum absolute atomic E-state index is 13.8. The molecule has 1 saturated heterocycles. The largest absolute Gasteiger partial charge is 0.352 e. The maximum Gasteiger partial charge on any atom is 0.245 e. The summed E-state index contributed by atoms with van der Waals surface area (Å²) in [5.41, 5.74) is 5.71. The van der Waals surface area contributed by atoms with Crippen LogP contribution in [-0.4, -0.2) is 44.3 Å². The predicted molar refractivity (Wildman–Crippen MR) is 98.8 cm³/mol. The van der Waals surface area contributed by atoms with Crippen LogP contribution in [0.25, 0.3) is 0 Å². The Balaban J connectivity index is 0.00000243. The molecular weight excluding hydrogens is 381 g/mol. The monoisotopic (exact) mass is 405 g/mol. The van der Waals surface area contributed by atoms with E-state index in [2.05, 4.69) is 5.32 Å². The average Bonchev–Trinajstić information content (AvgIpc) is 3.45. The van der Waals surface area contributed by atoms with E-state index in [4.69, 9.17) is 5.73 Å². The quantitative estimate of drug-likeness (QED) is 0.750. The Hall–Kier alpha value is -1.22. The minimum Gasteiger partial charge on any atom is -0.352 e. The Bertz CT molecular complexity index is 735. The highest BCUT2D eigenvalue weighted by Crippen LogP contribution is 2.32. The summed E-state index contributed by atoms with van der Waals surface area (Å²) in [5.74, 6) is -0.543. The minimum absolute atomic E-state index is 0. The molecule has 1 saturated carbocycles. The zero-order valence-electron chi connectivity index (χ0n) is 14.4. The van der Waals surface area contributed by atoms with E-state index in [0.717, 1.165) is 18.9 Å². The number of hydrogen-bond donors (Lipinski definition) is 2. The first-order chi connectivity index (χ1) is 11.9. The van der Waals surface area contributed by atoms with Gasteiger partial charge in [-0.3, -0.25) is 4.79 Å². The van der Waals surface area contributed by atoms with Crippen LogP contribution in [0.2, 0.25) is 0 Å². The van der Waals surface area contributed by atoms with E-state index in [1.807, 2.05) is 0 Å². The number of nitrogens with two attached hydrogens (primary N) is 1. The Morgan fingerprint density at radius 3 is 2.38 bits per heavy atom. The molecule has 1 aliphatic heterocycles. The number of benzene rings is 1. The number of rotatable bonds is 6. The van der Waals surface area contributed by atoms with Gasteiger partial charge in [-0.15, -0.1) is 12.4 Å². The van der Waals surface area contributed by atoms with Gasteiger partial charge in [-0.2, -0.15) is 4.31 Å². The van der Waals surface area contributed by atoms with Gasteiger partial charge in [0.15, 0.2) is 0 Å². The fourth-order valence-electron chi connectivity index (χ4n) is 3.32. The van der Waals surface area contributed by atoms with Gasteiger partial charge in [0.05, 0.1) is 0 Å². The third-order valence-corrected chi connectivity index (χ3v) is 6.98. The minimum atomic E-state index is -3.87. The molecule has 146 valence electrons. The van der Waals surface area contributed by atoms with Crippen molar-refractivity contribution in [2.24, 2.45) is 17.6 Å². The normalized spacial score (nSPS) is 20.2. The predicted octanol–water partition coefficient (Wildman–Crippen LogP) is 1.50. The average molecular weight is 406 g/mol. The first kappa shape index (κ1) is 21.1. The Kier molecular flexibility index (Phi) is 7.01. The summed E-state index contributed by atoms with van der Waals surface area (Å²) in [6.07, 6.45) is 3.06. The molecule has 0 spiro atoms. The molecule has 3 rings (SSSR count). The van der Waals surface area contributed by atoms with Crippen LogP contribution in [-0.2, 0) is 14.8 Å². The summed E-state index contributed by atoms with van der Waals surface area (Å²) in [4.78, 5) is 12.1. The number of nitrogens with zero attached hydrogens (tertiary/aromatic N) is 1. The number of amides is 1. The van der Waals surface area contributed by atoms with Gasteiger partial charge in [-0.1, -0.05) is 12.1 Å². The number of piperidine rings is 1. The third kappa shape index (κ3) is 4.54. The molecular formula is C17H25ClFN3O3S. The van der Waals surface area contributed by atoms with E-state index in [1.54, 1.807) is 0 Å². The van der Waals surface area contributed by atoms with Gasteiger partial charge in [0, 0.05) is 31.6 Å². The third-order valence-electron chi connectivity index (χ3n) is 5.05. The molecule has 1 unspecified atom stereocenters. The number of carbonyl (C=O) groups excluding carboxylic acids is 1. The summed E-state index contributed by atoms with van der Waals surface area (Å²) in [7, 11) is -3.87. The molecule has 1 amide bonds. The highest BCUT2D eigenvalue weighted by atomic mass is 35.5. The summed E-state index contributed by atoms with van der Waals surface area (Å²) in [6.45, 7) is 0.855. The molecule has 0 radical (unpaired) electrons. The molecule has 0 aromatic heterocycles. The van der Waals surface area contributed by atoms with E-state index in [-0.39, 0.29) is 48.3 Å². The molecule has 1 atom stereocenters. The molecule has 6 nitrogen and oxygen atoms in total. The topological polar surface area (TPSA) is 92.5 Å². The molecule has 26 heavy (non-hydrogen) atoms. The fourth-order valence-corrected chi connectivity index (χ4v) is 4.85. The van der Waals surface area contributed by atoms with Crippen molar-refractivity contribution in [3.05, 3.63) is 30.1 Å². The molecule has 1 aromatic carbocycles. The first-order valence-electron chi connectivity index (χ1n) is 8.68. The zero-order valence-corrected chi connectivity index (χ0v) is 16.1. The van der Waals surface area contributed by atoms with Crippen LogP contribution in [0.4, 0.5) is 4.39 Å². The van der Waals surface area contributed by atoms with Crippen molar-refractivity contribution in [3.63, 3.8) is 0 Å². The number of carbonyl (C=O) groups is 1. The van der Waals surface area contributed by atoms with Crippen LogP contribution in [0, 0.1) is 17.7 Å². The molecule has 2 fully saturated rings. The van der Waals surface area contributed by atoms with Gasteiger partial charge in [-0.05, 0) is 43.7 Å². The summed E-state index contributed by atoms with van der Waals surface area (Å²) in [5, 5.41) is 3.00. The fraction of sp³-hybridized carbons (Fsp3) is 0.588. The van der Waals surface area contributed by atoms with Crippen LogP contribution in [0.1, 0.15) is 25.7 Å². The molecule has 0 bridgehead atoms. The number of sulfonamides is 1. The lowest BCUT2D eigenvalue weighted by molar-refractivity contribution is -0.126. The van der Waals surface area contributed by atoms with Crippen LogP contribution < -0.4 is 11.1 Å². The molecule has 9 heteroatoms. The van der Waals surface area contributed by atoms with Gasteiger partial charge in [0.25, 0.3) is 0 Å². The van der Waals surface area contributed by atoms with Crippen LogP contribution in [0.5, 0.6) is 0 Å². The lowest BCUT2D eigenvalue weighted by atomic mass is 9.96. The number of nitrogens with one attached hydrogen (secondary N) is 1. The van der Waals surface area contributed by atoms with Crippen molar-refractivity contribution >= 4 is 28.3 Å². The lowest BCUT2D eigenvalue weighted by Gasteiger charge is -2.31. The second kappa shape index (κ2) is 8.65. The molecule has 1 aromatic rings. The first-order valence-corrected chi connectivity index (χ1v) is 10.1. The molecule has 1 heterocycles. The van der Waals surface area contributed by atoms with E-state index in [0.29, 0.717) is 25.3 Å². The van der Waals surface area contributed by atoms with Crippen molar-refractivity contribution in [1.29, 1.82) is 0 Å². The van der Waals surface area contributed by atoms with Crippen molar-refractivity contribution in [2.75, 3.05) is 19.6 Å². The van der Waals surface area contributed by atoms with Crippen LogP contribution in [0.3, 0.4) is 0 Å². The van der Waals surface area contributed by atoms with Gasteiger partial charge in [0.1, 0.15) is 10.7 Å². The molecule has 1 aliphatic carbocycles. The van der Waals surface area contributed by atoms with Gasteiger partial charge in [-0.25, -0.2) is 12.8 Å². The Morgan fingerprint density at radius 1 is 1.23 bits per heavy atom. The second-order valence-electron chi connectivity index (χ2n) is 6.80. The van der Waals surface area contributed by atoms with Gasteiger partial charge < -0.3 is 11.1 Å². The summed E-state index contributed by atoms with van der Waals surface area (Å²) < 4.78 is 40.2. The molecule has 2 aliphatic rings. The standard InChI is InChI=1S/C17H24FN3O3S.ClH/c18-14-3-1-2-4-16(14)25(23,24)21-9-7-13(8-10-21)17(22)20-15(11-19)12-5-6-12;/h1-4,12-13,15H,5-11,19H2,(H,20,22);1H. The van der Waals surface area contributed by atoms with E-state index in [1.165, 1.54) is 22.5 Å². The van der Waals surface area contributed by atoms with Crippen molar-refractivity contribution in [2.45, 2.75) is 36.6 Å². The van der Waals surface area contributed by atoms with E-state index < -0.39 is 15.8 Å². The number of hydrogen-bond acceptors (Lipinski definition) is 4. The second-order valence-corrected chi connectivity index (χ2v) is 8.70. The lowest BCUT2D eigenvalue weighted by Crippen LogP contribution is -2.48. The van der Waals surface area contributed by atoms with E-state index >= 15 is 0 Å². The van der Waals surface area contributed by atoms with Crippen LogP contribution >= 0.6 is 12.4 Å². The zero-order chi connectivity index (χ0) is 18.0. The SMILES string of the molecule is Cl.NCC(NC(=O)C1CCN(S(=O)(=O)c2ccccc2F)CC1)C1CC1. The molecule has 3 N–H and O–H groups in total. The highest BCUT2D eigenvalue weighted by Gasteiger charge is 2.36.